The summed E-state index contributed by atoms with van der Waals surface area (Å²) in [7, 11) is 0. The summed E-state index contributed by atoms with van der Waals surface area (Å²) in [5.41, 5.74) is 1.47. The molecule has 0 saturated heterocycles. The zero-order chi connectivity index (χ0) is 21.1. The van der Waals surface area contributed by atoms with Crippen molar-refractivity contribution in [1.82, 2.24) is 9.66 Å². The molecule has 0 aliphatic heterocycles. The third-order valence-corrected chi connectivity index (χ3v) is 6.56. The lowest BCUT2D eigenvalue weighted by Crippen LogP contribution is -2.25. The van der Waals surface area contributed by atoms with Crippen LogP contribution in [0.2, 0.25) is 0 Å². The standard InChI is InChI=1S/C23H23Br2N3O2/c1-2-30-21-18(24)12-15(13-19(21)25)14-26-28-22(16-8-4-3-5-9-16)27-20-11-7-6-10-17(20)23(28)29/h6-7,10-14,16H,2-5,8-9H2,1H3. The van der Waals surface area contributed by atoms with Crippen LogP contribution >= 0.6 is 31.9 Å². The van der Waals surface area contributed by atoms with Gasteiger partial charge < -0.3 is 4.74 Å². The Balaban J connectivity index is 1.79. The van der Waals surface area contributed by atoms with Crippen molar-refractivity contribution >= 4 is 49.0 Å². The minimum atomic E-state index is -0.124. The van der Waals surface area contributed by atoms with Crippen molar-refractivity contribution in [3.63, 3.8) is 0 Å². The molecule has 1 aromatic heterocycles. The van der Waals surface area contributed by atoms with E-state index in [-0.39, 0.29) is 11.5 Å². The molecule has 3 aromatic rings. The van der Waals surface area contributed by atoms with E-state index in [4.69, 9.17) is 9.72 Å². The van der Waals surface area contributed by atoms with E-state index in [9.17, 15) is 4.79 Å². The third-order valence-electron chi connectivity index (χ3n) is 5.38. The van der Waals surface area contributed by atoms with Gasteiger partial charge in [0, 0.05) is 5.92 Å². The van der Waals surface area contributed by atoms with Gasteiger partial charge in [0.15, 0.2) is 0 Å². The van der Waals surface area contributed by atoms with Crippen LogP contribution in [-0.2, 0) is 0 Å². The van der Waals surface area contributed by atoms with Crippen LogP contribution in [-0.4, -0.2) is 22.5 Å². The van der Waals surface area contributed by atoms with Gasteiger partial charge in [0.25, 0.3) is 5.56 Å². The molecule has 4 rings (SSSR count). The van der Waals surface area contributed by atoms with Gasteiger partial charge >= 0.3 is 0 Å². The van der Waals surface area contributed by atoms with E-state index in [1.54, 1.807) is 6.21 Å². The number of aromatic nitrogens is 2. The number of para-hydroxylation sites is 1. The first kappa shape index (κ1) is 21.2. The van der Waals surface area contributed by atoms with E-state index in [0.717, 1.165) is 57.3 Å². The summed E-state index contributed by atoms with van der Waals surface area (Å²) in [4.78, 5) is 18.1. The Morgan fingerprint density at radius 2 is 1.87 bits per heavy atom. The number of nitrogens with zero attached hydrogens (tertiary/aromatic N) is 3. The second-order valence-corrected chi connectivity index (χ2v) is 9.14. The molecular formula is C23H23Br2N3O2. The Labute approximate surface area is 192 Å². The second kappa shape index (κ2) is 9.43. The van der Waals surface area contributed by atoms with Crippen molar-refractivity contribution in [3.8, 4) is 5.75 Å². The minimum absolute atomic E-state index is 0.124. The van der Waals surface area contributed by atoms with E-state index < -0.39 is 0 Å². The highest BCUT2D eigenvalue weighted by atomic mass is 79.9. The zero-order valence-corrected chi connectivity index (χ0v) is 19.9. The molecule has 7 heteroatoms. The number of ether oxygens (including phenoxy) is 1. The largest absolute Gasteiger partial charge is 0.492 e. The number of halogens is 2. The van der Waals surface area contributed by atoms with Gasteiger partial charge in [-0.05, 0) is 81.5 Å². The van der Waals surface area contributed by atoms with Crippen LogP contribution in [0.3, 0.4) is 0 Å². The number of rotatable bonds is 5. The SMILES string of the molecule is CCOc1c(Br)cc(C=Nn2c(C3CCCCC3)nc3ccccc3c2=O)cc1Br. The molecule has 30 heavy (non-hydrogen) atoms. The smallest absolute Gasteiger partial charge is 0.282 e. The second-order valence-electron chi connectivity index (χ2n) is 7.43. The average Bonchev–Trinajstić information content (AvgIpc) is 2.76. The lowest BCUT2D eigenvalue weighted by atomic mass is 9.88. The van der Waals surface area contributed by atoms with Gasteiger partial charge in [-0.3, -0.25) is 4.79 Å². The topological polar surface area (TPSA) is 56.5 Å². The molecule has 1 fully saturated rings. The summed E-state index contributed by atoms with van der Waals surface area (Å²) in [6, 6.07) is 11.4. The van der Waals surface area contributed by atoms with Gasteiger partial charge in [0.2, 0.25) is 0 Å². The fourth-order valence-electron chi connectivity index (χ4n) is 3.94. The first-order valence-electron chi connectivity index (χ1n) is 10.3. The van der Waals surface area contributed by atoms with Gasteiger partial charge in [0.05, 0.1) is 32.7 Å². The van der Waals surface area contributed by atoms with Crippen molar-refractivity contribution in [1.29, 1.82) is 0 Å². The van der Waals surface area contributed by atoms with E-state index in [1.165, 1.54) is 11.1 Å². The predicted molar refractivity (Wildman–Crippen MR) is 128 cm³/mol. The molecule has 156 valence electrons. The molecule has 1 heterocycles. The van der Waals surface area contributed by atoms with E-state index in [2.05, 4.69) is 37.0 Å². The number of hydrogen-bond acceptors (Lipinski definition) is 4. The molecule has 0 unspecified atom stereocenters. The number of hydrogen-bond donors (Lipinski definition) is 0. The summed E-state index contributed by atoms with van der Waals surface area (Å²) in [5, 5.41) is 5.18. The summed E-state index contributed by atoms with van der Waals surface area (Å²) < 4.78 is 8.80. The molecule has 5 nitrogen and oxygen atoms in total. The Kier molecular flexibility index (Phi) is 6.68. The Bertz CT molecular complexity index is 1130. The van der Waals surface area contributed by atoms with Crippen molar-refractivity contribution in [2.45, 2.75) is 44.9 Å². The Hall–Kier alpha value is -1.99. The van der Waals surface area contributed by atoms with Crippen LogP contribution in [0.5, 0.6) is 5.75 Å². The Morgan fingerprint density at radius 3 is 2.57 bits per heavy atom. The molecule has 1 saturated carbocycles. The van der Waals surface area contributed by atoms with Crippen molar-refractivity contribution in [3.05, 3.63) is 67.1 Å². The van der Waals surface area contributed by atoms with Crippen molar-refractivity contribution < 1.29 is 4.74 Å². The highest BCUT2D eigenvalue weighted by Gasteiger charge is 2.22. The molecule has 0 amide bonds. The zero-order valence-electron chi connectivity index (χ0n) is 16.8. The quantitative estimate of drug-likeness (QED) is 0.365. The summed E-state index contributed by atoms with van der Waals surface area (Å²) >= 11 is 7.10. The molecule has 1 aliphatic rings. The molecule has 0 bridgehead atoms. The highest BCUT2D eigenvalue weighted by molar-refractivity contribution is 9.11. The van der Waals surface area contributed by atoms with Crippen LogP contribution in [0.15, 0.2) is 55.2 Å². The molecule has 1 aliphatic carbocycles. The van der Waals surface area contributed by atoms with Gasteiger partial charge in [-0.2, -0.15) is 9.78 Å². The minimum Gasteiger partial charge on any atom is -0.492 e. The van der Waals surface area contributed by atoms with Gasteiger partial charge in [-0.1, -0.05) is 31.4 Å². The molecule has 0 atom stereocenters. The van der Waals surface area contributed by atoms with Gasteiger partial charge in [-0.15, -0.1) is 0 Å². The number of benzene rings is 2. The van der Waals surface area contributed by atoms with Crippen LogP contribution in [0.25, 0.3) is 10.9 Å². The normalized spacial score (nSPS) is 15.2. The van der Waals surface area contributed by atoms with Crippen LogP contribution in [0, 0.1) is 0 Å². The monoisotopic (exact) mass is 531 g/mol. The molecule has 0 radical (unpaired) electrons. The fraction of sp³-hybridized carbons (Fsp3) is 0.348. The number of fused-ring (bicyclic) bond motifs is 1. The average molecular weight is 533 g/mol. The van der Waals surface area contributed by atoms with Crippen LogP contribution in [0.1, 0.15) is 56.3 Å². The van der Waals surface area contributed by atoms with Crippen molar-refractivity contribution in [2.24, 2.45) is 5.10 Å². The summed E-state index contributed by atoms with van der Waals surface area (Å²) in [6.07, 6.45) is 7.36. The lowest BCUT2D eigenvalue weighted by molar-refractivity contribution is 0.336. The molecular weight excluding hydrogens is 510 g/mol. The lowest BCUT2D eigenvalue weighted by Gasteiger charge is -2.22. The maximum absolute atomic E-state index is 13.3. The predicted octanol–water partition coefficient (Wildman–Crippen LogP) is 6.25. The first-order chi connectivity index (χ1) is 14.6. The Morgan fingerprint density at radius 1 is 1.17 bits per heavy atom. The molecule has 0 N–H and O–H groups in total. The first-order valence-corrected chi connectivity index (χ1v) is 11.8. The highest BCUT2D eigenvalue weighted by Crippen LogP contribution is 2.35. The third kappa shape index (κ3) is 4.37. The van der Waals surface area contributed by atoms with Crippen molar-refractivity contribution in [2.75, 3.05) is 6.61 Å². The van der Waals surface area contributed by atoms with E-state index in [0.29, 0.717) is 12.0 Å². The van der Waals surface area contributed by atoms with Crippen LogP contribution < -0.4 is 10.3 Å². The van der Waals surface area contributed by atoms with E-state index >= 15 is 0 Å². The summed E-state index contributed by atoms with van der Waals surface area (Å²) in [5.74, 6) is 1.77. The molecule has 0 spiro atoms. The maximum Gasteiger partial charge on any atom is 0.282 e. The fourth-order valence-corrected chi connectivity index (χ4v) is 5.39. The maximum atomic E-state index is 13.3. The molecule has 2 aromatic carbocycles. The van der Waals surface area contributed by atoms with Gasteiger partial charge in [0.1, 0.15) is 11.6 Å². The van der Waals surface area contributed by atoms with Crippen LogP contribution in [0.4, 0.5) is 0 Å². The summed E-state index contributed by atoms with van der Waals surface area (Å²) in [6.45, 7) is 2.52. The van der Waals surface area contributed by atoms with Gasteiger partial charge in [-0.25, -0.2) is 4.98 Å². The van der Waals surface area contributed by atoms with E-state index in [1.807, 2.05) is 43.3 Å².